The molecule has 0 radical (unpaired) electrons. The summed E-state index contributed by atoms with van der Waals surface area (Å²) in [5.41, 5.74) is -1.31. The van der Waals surface area contributed by atoms with Gasteiger partial charge in [-0.15, -0.1) is 0 Å². The van der Waals surface area contributed by atoms with E-state index < -0.39 is 49.3 Å². The van der Waals surface area contributed by atoms with Crippen LogP contribution in [0.3, 0.4) is 0 Å². The number of methoxy groups -OCH3 is 1. The van der Waals surface area contributed by atoms with E-state index in [1.165, 1.54) is 6.92 Å². The Morgan fingerprint density at radius 3 is 1.72 bits per heavy atom. The molecule has 11 heteroatoms. The van der Waals surface area contributed by atoms with Gasteiger partial charge in [0, 0.05) is 11.8 Å². The lowest BCUT2D eigenvalue weighted by atomic mass is 9.84. The number of benzene rings is 3. The smallest absolute Gasteiger partial charge is 0.377 e. The molecule has 0 spiro atoms. The molecule has 4 rings (SSSR count). The van der Waals surface area contributed by atoms with E-state index in [1.807, 2.05) is 0 Å². The first-order valence-corrected chi connectivity index (χ1v) is 13.1. The van der Waals surface area contributed by atoms with Gasteiger partial charge in [-0.2, -0.15) is 8.42 Å². The average molecular weight is 549 g/mol. The van der Waals surface area contributed by atoms with Gasteiger partial charge >= 0.3 is 27.3 Å². The van der Waals surface area contributed by atoms with Crippen molar-refractivity contribution in [2.45, 2.75) is 18.2 Å². The molecule has 0 saturated heterocycles. The Labute approximate surface area is 224 Å². The number of aromatic nitrogens is 1. The molecule has 3 aromatic carbocycles. The van der Waals surface area contributed by atoms with Crippen molar-refractivity contribution in [2.75, 3.05) is 7.11 Å². The molecule has 4 aromatic rings. The summed E-state index contributed by atoms with van der Waals surface area (Å²) in [6.45, 7) is 0.795. The highest BCUT2D eigenvalue weighted by Crippen LogP contribution is 2.45. The Kier molecular flexibility index (Phi) is 7.63. The number of rotatable bonds is 9. The van der Waals surface area contributed by atoms with Crippen LogP contribution in [0.2, 0.25) is 0 Å². The van der Waals surface area contributed by atoms with Crippen LogP contribution in [0.5, 0.6) is 5.75 Å². The third kappa shape index (κ3) is 4.91. The number of nitro groups is 1. The molecule has 1 aromatic heterocycles. The minimum absolute atomic E-state index is 0.0610. The maximum Gasteiger partial charge on any atom is 0.377 e. The molecule has 0 unspecified atom stereocenters. The summed E-state index contributed by atoms with van der Waals surface area (Å²) >= 11 is 0. The van der Waals surface area contributed by atoms with Gasteiger partial charge in [-0.05, 0) is 23.6 Å². The average Bonchev–Trinajstić information content (AvgIpc) is 2.92. The van der Waals surface area contributed by atoms with E-state index in [-0.39, 0.29) is 5.69 Å². The van der Waals surface area contributed by atoms with Crippen molar-refractivity contribution >= 4 is 21.8 Å². The molecular formula is C28H24N2O8S. The molecule has 10 nitrogen and oxygen atoms in total. The van der Waals surface area contributed by atoms with Gasteiger partial charge in [0.15, 0.2) is 4.75 Å². The number of hydrogen-bond donors (Lipinski definition) is 0. The van der Waals surface area contributed by atoms with Gasteiger partial charge in [0.05, 0.1) is 12.0 Å². The number of nitrogens with zero attached hydrogens (tertiary/aromatic N) is 2. The van der Waals surface area contributed by atoms with Crippen LogP contribution in [0.15, 0.2) is 102 Å². The second-order valence-electron chi connectivity index (χ2n) is 8.54. The minimum Gasteiger partial charge on any atom is -0.468 e. The van der Waals surface area contributed by atoms with Crippen molar-refractivity contribution in [1.82, 2.24) is 4.57 Å². The van der Waals surface area contributed by atoms with Crippen molar-refractivity contribution in [3.8, 4) is 5.75 Å². The van der Waals surface area contributed by atoms with Crippen LogP contribution in [0.4, 0.5) is 5.69 Å². The Balaban J connectivity index is 2.03. The zero-order chi connectivity index (χ0) is 28.2. The predicted octanol–water partition coefficient (Wildman–Crippen LogP) is 3.94. The molecule has 0 fully saturated rings. The molecule has 0 atom stereocenters. The third-order valence-electron chi connectivity index (χ3n) is 6.26. The number of aryl methyl sites for hydroxylation is 1. The molecule has 0 amide bonds. The SMILES string of the molecule is COC(=O)Cn1c(C)cc(OS(=O)(=O)C(c2ccccc2)(c2ccccc2)c2ccccc2)c([N+](=O)[O-])c1=O. The summed E-state index contributed by atoms with van der Waals surface area (Å²) in [6, 6.07) is 26.0. The Hall–Kier alpha value is -4.77. The fourth-order valence-electron chi connectivity index (χ4n) is 4.48. The van der Waals surface area contributed by atoms with Crippen molar-refractivity contribution in [1.29, 1.82) is 0 Å². The van der Waals surface area contributed by atoms with Crippen LogP contribution in [0.25, 0.3) is 0 Å². The van der Waals surface area contributed by atoms with Gasteiger partial charge in [-0.25, -0.2) is 0 Å². The molecule has 0 aliphatic carbocycles. The number of hydrogen-bond acceptors (Lipinski definition) is 8. The largest absolute Gasteiger partial charge is 0.468 e. The maximum absolute atomic E-state index is 14.5. The second kappa shape index (κ2) is 10.9. The van der Waals surface area contributed by atoms with Crippen molar-refractivity contribution < 1.29 is 27.1 Å². The summed E-state index contributed by atoms with van der Waals surface area (Å²) in [5.74, 6) is -1.58. The molecule has 0 aliphatic heterocycles. The molecule has 1 heterocycles. The number of carbonyl (C=O) groups is 1. The van der Waals surface area contributed by atoms with Gasteiger partial charge in [0.25, 0.3) is 0 Å². The summed E-state index contributed by atoms with van der Waals surface area (Å²) in [5, 5.41) is 12.0. The Morgan fingerprint density at radius 2 is 1.33 bits per heavy atom. The monoisotopic (exact) mass is 548 g/mol. The molecule has 200 valence electrons. The highest BCUT2D eigenvalue weighted by molar-refractivity contribution is 7.88. The highest BCUT2D eigenvalue weighted by atomic mass is 32.2. The topological polar surface area (TPSA) is 135 Å². The summed E-state index contributed by atoms with van der Waals surface area (Å²) in [6.07, 6.45) is 0. The van der Waals surface area contributed by atoms with Gasteiger partial charge in [-0.1, -0.05) is 91.0 Å². The van der Waals surface area contributed by atoms with Crippen LogP contribution < -0.4 is 9.74 Å². The van der Waals surface area contributed by atoms with Crippen molar-refractivity contribution in [2.24, 2.45) is 0 Å². The molecular weight excluding hydrogens is 524 g/mol. The quantitative estimate of drug-likeness (QED) is 0.101. The van der Waals surface area contributed by atoms with E-state index in [4.69, 9.17) is 4.18 Å². The fourth-order valence-corrected chi connectivity index (χ4v) is 6.25. The lowest BCUT2D eigenvalue weighted by molar-refractivity contribution is -0.387. The van der Waals surface area contributed by atoms with Crippen LogP contribution in [0, 0.1) is 17.0 Å². The van der Waals surface area contributed by atoms with Crippen molar-refractivity contribution in [3.63, 3.8) is 0 Å². The van der Waals surface area contributed by atoms with E-state index >= 15 is 0 Å². The van der Waals surface area contributed by atoms with E-state index in [9.17, 15) is 28.1 Å². The van der Waals surface area contributed by atoms with Crippen LogP contribution in [-0.2, 0) is 30.9 Å². The van der Waals surface area contributed by atoms with Crippen LogP contribution >= 0.6 is 0 Å². The van der Waals surface area contributed by atoms with E-state index in [0.717, 1.165) is 17.7 Å². The van der Waals surface area contributed by atoms with E-state index in [2.05, 4.69) is 4.74 Å². The number of pyridine rings is 1. The van der Waals surface area contributed by atoms with Gasteiger partial charge in [0.2, 0.25) is 5.75 Å². The fraction of sp³-hybridized carbons (Fsp3) is 0.143. The second-order valence-corrected chi connectivity index (χ2v) is 10.2. The third-order valence-corrected chi connectivity index (χ3v) is 8.12. The molecule has 0 N–H and O–H groups in total. The van der Waals surface area contributed by atoms with Crippen LogP contribution in [0.1, 0.15) is 22.4 Å². The zero-order valence-electron chi connectivity index (χ0n) is 21.0. The maximum atomic E-state index is 14.5. The van der Waals surface area contributed by atoms with Gasteiger partial charge in [0.1, 0.15) is 6.54 Å². The lowest BCUT2D eigenvalue weighted by Gasteiger charge is -2.34. The summed E-state index contributed by atoms with van der Waals surface area (Å²) in [7, 11) is -3.76. The molecule has 0 aliphatic rings. The molecule has 0 bridgehead atoms. The number of carbonyl (C=O) groups excluding carboxylic acids is 1. The predicted molar refractivity (Wildman–Crippen MR) is 143 cm³/mol. The number of esters is 1. The van der Waals surface area contributed by atoms with Crippen LogP contribution in [-0.4, -0.2) is 31.0 Å². The zero-order valence-corrected chi connectivity index (χ0v) is 21.8. The summed E-state index contributed by atoms with van der Waals surface area (Å²) in [4.78, 5) is 35.9. The van der Waals surface area contributed by atoms with Gasteiger partial charge in [-0.3, -0.25) is 24.3 Å². The Morgan fingerprint density at radius 1 is 0.897 bits per heavy atom. The molecule has 0 saturated carbocycles. The minimum atomic E-state index is -4.87. The Bertz CT molecular complexity index is 1570. The standard InChI is InChI=1S/C28H24N2O8S/c1-20-18-24(26(30(33)34)27(32)29(20)19-25(31)37-2)38-39(35,36)28(21-12-6-3-7-13-21,22-14-8-4-9-15-22)23-16-10-5-11-17-23/h3-18H,19H2,1-2H3. The summed E-state index contributed by atoms with van der Waals surface area (Å²) < 4.78 is 38.0. The lowest BCUT2D eigenvalue weighted by Crippen LogP contribution is -2.41. The highest BCUT2D eigenvalue weighted by Gasteiger charge is 2.51. The molecule has 39 heavy (non-hydrogen) atoms. The van der Waals surface area contributed by atoms with E-state index in [1.54, 1.807) is 91.0 Å². The number of ether oxygens (including phenoxy) is 1. The van der Waals surface area contributed by atoms with E-state index in [0.29, 0.717) is 16.7 Å². The first kappa shape index (κ1) is 27.3. The first-order valence-electron chi connectivity index (χ1n) is 11.7. The van der Waals surface area contributed by atoms with Gasteiger partial charge < -0.3 is 8.92 Å². The normalized spacial score (nSPS) is 11.5. The first-order chi connectivity index (χ1) is 18.6. The van der Waals surface area contributed by atoms with Crippen molar-refractivity contribution in [3.05, 3.63) is 140 Å².